The zero-order chi connectivity index (χ0) is 13.1. The maximum absolute atomic E-state index is 12.1. The molecule has 18 heavy (non-hydrogen) atoms. The topological polar surface area (TPSA) is 26.3 Å². The largest absolute Gasteiger partial charge is 0.462 e. The second kappa shape index (κ2) is 6.08. The Bertz CT molecular complexity index is 279. The Labute approximate surface area is 111 Å². The summed E-state index contributed by atoms with van der Waals surface area (Å²) in [5.41, 5.74) is 0. The average molecular weight is 252 g/mol. The molecule has 2 saturated carbocycles. The molecule has 0 saturated heterocycles. The molecule has 0 radical (unpaired) electrons. The zero-order valence-corrected chi connectivity index (χ0v) is 12.2. The van der Waals surface area contributed by atoms with Gasteiger partial charge in [0.05, 0.1) is 5.92 Å². The number of carbonyl (C=O) groups excluding carboxylic acids is 1. The maximum atomic E-state index is 12.1. The van der Waals surface area contributed by atoms with Crippen molar-refractivity contribution in [3.05, 3.63) is 0 Å². The van der Waals surface area contributed by atoms with Gasteiger partial charge in [-0.05, 0) is 49.9 Å². The molecule has 2 nitrogen and oxygen atoms in total. The van der Waals surface area contributed by atoms with Crippen molar-refractivity contribution in [2.75, 3.05) is 0 Å². The van der Waals surface area contributed by atoms with E-state index >= 15 is 0 Å². The summed E-state index contributed by atoms with van der Waals surface area (Å²) in [4.78, 5) is 12.1. The fraction of sp³-hybridized carbons (Fsp3) is 0.938. The summed E-state index contributed by atoms with van der Waals surface area (Å²) < 4.78 is 5.83. The van der Waals surface area contributed by atoms with Crippen LogP contribution in [0.4, 0.5) is 0 Å². The van der Waals surface area contributed by atoms with Crippen LogP contribution in [-0.4, -0.2) is 12.1 Å². The zero-order valence-electron chi connectivity index (χ0n) is 12.2. The molecule has 0 aromatic carbocycles. The van der Waals surface area contributed by atoms with Crippen LogP contribution in [0.1, 0.15) is 65.7 Å². The Kier molecular flexibility index (Phi) is 4.69. The number of hydrogen-bond donors (Lipinski definition) is 0. The van der Waals surface area contributed by atoms with Crippen LogP contribution >= 0.6 is 0 Å². The fourth-order valence-corrected chi connectivity index (χ4v) is 3.49. The van der Waals surface area contributed by atoms with Crippen LogP contribution < -0.4 is 0 Å². The Morgan fingerprint density at radius 1 is 1.11 bits per heavy atom. The van der Waals surface area contributed by atoms with Crippen molar-refractivity contribution >= 4 is 5.97 Å². The van der Waals surface area contributed by atoms with E-state index < -0.39 is 0 Å². The van der Waals surface area contributed by atoms with E-state index in [2.05, 4.69) is 20.8 Å². The van der Waals surface area contributed by atoms with Crippen LogP contribution in [0, 0.1) is 23.7 Å². The van der Waals surface area contributed by atoms with Gasteiger partial charge in [-0.2, -0.15) is 0 Å². The number of esters is 1. The average Bonchev–Trinajstić information content (AvgIpc) is 2.85. The van der Waals surface area contributed by atoms with Gasteiger partial charge in [0.1, 0.15) is 6.10 Å². The minimum absolute atomic E-state index is 0.0914. The van der Waals surface area contributed by atoms with Crippen LogP contribution in [0.5, 0.6) is 0 Å². The summed E-state index contributed by atoms with van der Waals surface area (Å²) in [7, 11) is 0. The quantitative estimate of drug-likeness (QED) is 0.704. The molecule has 0 N–H and O–H groups in total. The number of carbonyl (C=O) groups is 1. The first kappa shape index (κ1) is 13.9. The summed E-state index contributed by atoms with van der Waals surface area (Å²) in [6, 6.07) is 0. The molecule has 104 valence electrons. The molecule has 2 rings (SSSR count). The standard InChI is InChI=1S/C16H28O2/c1-11(2)14-9-8-12(3)15(10-14)18-16(17)13-6-4-5-7-13/h11-15H,4-10H2,1-3H3/t12-,14-,15+/m1/s1. The molecule has 0 unspecified atom stereocenters. The Morgan fingerprint density at radius 3 is 2.39 bits per heavy atom. The van der Waals surface area contributed by atoms with E-state index in [0.717, 1.165) is 25.2 Å². The van der Waals surface area contributed by atoms with Crippen LogP contribution in [0.15, 0.2) is 0 Å². The molecular formula is C16H28O2. The van der Waals surface area contributed by atoms with E-state index in [1.165, 1.54) is 25.7 Å². The fourth-order valence-electron chi connectivity index (χ4n) is 3.49. The Hall–Kier alpha value is -0.530. The minimum Gasteiger partial charge on any atom is -0.462 e. The van der Waals surface area contributed by atoms with Gasteiger partial charge in [-0.3, -0.25) is 4.79 Å². The van der Waals surface area contributed by atoms with Gasteiger partial charge in [0.2, 0.25) is 0 Å². The van der Waals surface area contributed by atoms with Crippen molar-refractivity contribution < 1.29 is 9.53 Å². The van der Waals surface area contributed by atoms with Gasteiger partial charge in [-0.25, -0.2) is 0 Å². The first-order valence-electron chi connectivity index (χ1n) is 7.78. The van der Waals surface area contributed by atoms with Crippen molar-refractivity contribution in [1.29, 1.82) is 0 Å². The Balaban J connectivity index is 1.87. The van der Waals surface area contributed by atoms with Crippen molar-refractivity contribution in [3.63, 3.8) is 0 Å². The second-order valence-corrected chi connectivity index (χ2v) is 6.75. The highest BCUT2D eigenvalue weighted by atomic mass is 16.5. The first-order chi connectivity index (χ1) is 8.58. The molecule has 2 heteroatoms. The highest BCUT2D eigenvalue weighted by Gasteiger charge is 2.34. The van der Waals surface area contributed by atoms with E-state index in [1.54, 1.807) is 0 Å². The van der Waals surface area contributed by atoms with Gasteiger partial charge >= 0.3 is 5.97 Å². The molecule has 2 fully saturated rings. The summed E-state index contributed by atoms with van der Waals surface area (Å²) >= 11 is 0. The van der Waals surface area contributed by atoms with Crippen LogP contribution in [-0.2, 0) is 9.53 Å². The number of rotatable bonds is 3. The molecule has 0 aliphatic heterocycles. The van der Waals surface area contributed by atoms with Crippen LogP contribution in [0.3, 0.4) is 0 Å². The van der Waals surface area contributed by atoms with Gasteiger partial charge in [-0.1, -0.05) is 33.6 Å². The highest BCUT2D eigenvalue weighted by molar-refractivity contribution is 5.72. The second-order valence-electron chi connectivity index (χ2n) is 6.75. The molecule has 2 aliphatic rings. The molecule has 2 aliphatic carbocycles. The van der Waals surface area contributed by atoms with Gasteiger partial charge in [0.25, 0.3) is 0 Å². The van der Waals surface area contributed by atoms with Gasteiger partial charge in [0.15, 0.2) is 0 Å². The first-order valence-corrected chi connectivity index (χ1v) is 7.78. The normalized spacial score (nSPS) is 33.9. The lowest BCUT2D eigenvalue weighted by molar-refractivity contribution is -0.159. The van der Waals surface area contributed by atoms with Gasteiger partial charge in [0, 0.05) is 0 Å². The molecular weight excluding hydrogens is 224 g/mol. The third kappa shape index (κ3) is 3.27. The number of ether oxygens (including phenoxy) is 1. The van der Waals surface area contributed by atoms with Crippen LogP contribution in [0.25, 0.3) is 0 Å². The molecule has 0 aromatic heterocycles. The van der Waals surface area contributed by atoms with Gasteiger partial charge in [-0.15, -0.1) is 0 Å². The molecule has 0 aromatic rings. The lowest BCUT2D eigenvalue weighted by Crippen LogP contribution is -2.35. The van der Waals surface area contributed by atoms with E-state index in [4.69, 9.17) is 4.74 Å². The van der Waals surface area contributed by atoms with Crippen molar-refractivity contribution in [2.45, 2.75) is 71.8 Å². The van der Waals surface area contributed by atoms with E-state index in [-0.39, 0.29) is 18.0 Å². The third-order valence-corrected chi connectivity index (χ3v) is 5.06. The van der Waals surface area contributed by atoms with Crippen molar-refractivity contribution in [1.82, 2.24) is 0 Å². The molecule has 0 bridgehead atoms. The summed E-state index contributed by atoms with van der Waals surface area (Å²) in [6.07, 6.45) is 8.28. The van der Waals surface area contributed by atoms with E-state index in [0.29, 0.717) is 11.8 Å². The van der Waals surface area contributed by atoms with E-state index in [1.807, 2.05) is 0 Å². The lowest BCUT2D eigenvalue weighted by Gasteiger charge is -2.36. The highest BCUT2D eigenvalue weighted by Crippen LogP contribution is 2.36. The van der Waals surface area contributed by atoms with E-state index in [9.17, 15) is 4.79 Å². The Morgan fingerprint density at radius 2 is 1.78 bits per heavy atom. The van der Waals surface area contributed by atoms with Crippen molar-refractivity contribution in [2.24, 2.45) is 23.7 Å². The predicted octanol–water partition coefficient (Wildman–Crippen LogP) is 4.18. The van der Waals surface area contributed by atoms with Gasteiger partial charge < -0.3 is 4.74 Å². The molecule has 0 spiro atoms. The summed E-state index contributed by atoms with van der Waals surface area (Å²) in [5.74, 6) is 2.29. The predicted molar refractivity (Wildman–Crippen MR) is 73.2 cm³/mol. The smallest absolute Gasteiger partial charge is 0.309 e. The molecule has 3 atom stereocenters. The molecule has 0 amide bonds. The number of hydrogen-bond acceptors (Lipinski definition) is 2. The van der Waals surface area contributed by atoms with Crippen molar-refractivity contribution in [3.8, 4) is 0 Å². The molecule has 0 heterocycles. The van der Waals surface area contributed by atoms with Crippen LogP contribution in [0.2, 0.25) is 0 Å². The third-order valence-electron chi connectivity index (χ3n) is 5.06. The summed E-state index contributed by atoms with van der Waals surface area (Å²) in [6.45, 7) is 6.82. The lowest BCUT2D eigenvalue weighted by atomic mass is 9.76. The monoisotopic (exact) mass is 252 g/mol. The SMILES string of the molecule is CC(C)[C@@H]1CC[C@@H](C)[C@@H](OC(=O)C2CCCC2)C1. The minimum atomic E-state index is 0.0914. The summed E-state index contributed by atoms with van der Waals surface area (Å²) in [5, 5.41) is 0. The maximum Gasteiger partial charge on any atom is 0.309 e.